The van der Waals surface area contributed by atoms with Gasteiger partial charge in [-0.25, -0.2) is 0 Å². The Hall–Kier alpha value is -6.58. The molecule has 9 heteroatoms. The Morgan fingerprint density at radius 3 is 1.30 bits per heavy atom. The average Bonchev–Trinajstić information content (AvgIpc) is 3.27. The maximum Gasteiger partial charge on any atom is 0.255 e. The lowest BCUT2D eigenvalue weighted by molar-refractivity contribution is 0.0906. The standard InChI is InChI=1S/C48H48N2O7/c51-31-40(50-48(53)42-27-16-29-44(55-33-37-19-7-2-8-20-37)46(42)57-35-39-23-11-4-12-24-39)25-13-14-30-49-47(52)41-26-15-28-43(54-32-36-17-5-1-6-18-36)45(41)56-34-38-21-9-3-10-22-38/h1-12,15-24,26-29,40,51H,13-14,25,30-35H2,(H,49,52)(H,50,53)/t40-/m1/s1. The molecule has 0 unspecified atom stereocenters. The average molecular weight is 765 g/mol. The number of aliphatic hydroxyl groups is 1. The fourth-order valence-corrected chi connectivity index (χ4v) is 6.13. The molecule has 0 saturated carbocycles. The number of unbranched alkanes of at least 4 members (excludes halogenated alkanes) is 1. The van der Waals surface area contributed by atoms with Gasteiger partial charge in [-0.05, 0) is 65.8 Å². The third kappa shape index (κ3) is 12.2. The van der Waals surface area contributed by atoms with Gasteiger partial charge in [0.2, 0.25) is 0 Å². The largest absolute Gasteiger partial charge is 0.485 e. The molecule has 2 amide bonds. The summed E-state index contributed by atoms with van der Waals surface area (Å²) in [5.41, 5.74) is 4.57. The van der Waals surface area contributed by atoms with E-state index in [1.54, 1.807) is 36.4 Å². The van der Waals surface area contributed by atoms with Gasteiger partial charge in [-0.3, -0.25) is 9.59 Å². The van der Waals surface area contributed by atoms with E-state index in [-0.39, 0.29) is 31.6 Å². The summed E-state index contributed by atoms with van der Waals surface area (Å²) in [7, 11) is 0. The third-order valence-corrected chi connectivity index (χ3v) is 9.19. The summed E-state index contributed by atoms with van der Waals surface area (Å²) in [6.07, 6.45) is 1.76. The van der Waals surface area contributed by atoms with Crippen LogP contribution in [0.15, 0.2) is 158 Å². The molecule has 0 bridgehead atoms. The van der Waals surface area contributed by atoms with Crippen molar-refractivity contribution < 1.29 is 33.6 Å². The molecule has 0 saturated heterocycles. The van der Waals surface area contributed by atoms with Crippen LogP contribution in [-0.4, -0.2) is 36.1 Å². The van der Waals surface area contributed by atoms with Crippen molar-refractivity contribution in [3.8, 4) is 23.0 Å². The molecular formula is C48H48N2O7. The lowest BCUT2D eigenvalue weighted by atomic mass is 10.1. The van der Waals surface area contributed by atoms with Crippen LogP contribution in [0.3, 0.4) is 0 Å². The minimum Gasteiger partial charge on any atom is -0.485 e. The van der Waals surface area contributed by atoms with E-state index in [2.05, 4.69) is 10.6 Å². The Labute approximate surface area is 334 Å². The highest BCUT2D eigenvalue weighted by atomic mass is 16.5. The van der Waals surface area contributed by atoms with Crippen LogP contribution >= 0.6 is 0 Å². The van der Waals surface area contributed by atoms with E-state index in [1.807, 2.05) is 121 Å². The summed E-state index contributed by atoms with van der Waals surface area (Å²) < 4.78 is 24.8. The molecule has 9 nitrogen and oxygen atoms in total. The second kappa shape index (κ2) is 21.5. The first-order valence-electron chi connectivity index (χ1n) is 19.2. The van der Waals surface area contributed by atoms with Crippen molar-refractivity contribution in [1.29, 1.82) is 0 Å². The third-order valence-electron chi connectivity index (χ3n) is 9.19. The quantitative estimate of drug-likeness (QED) is 0.0629. The number of rotatable bonds is 21. The first-order chi connectivity index (χ1) is 28.1. The Morgan fingerprint density at radius 2 is 0.877 bits per heavy atom. The number of aliphatic hydroxyl groups excluding tert-OH is 1. The molecular weight excluding hydrogens is 717 g/mol. The van der Waals surface area contributed by atoms with E-state index in [4.69, 9.17) is 18.9 Å². The van der Waals surface area contributed by atoms with Crippen molar-refractivity contribution >= 4 is 11.8 Å². The zero-order chi connectivity index (χ0) is 39.5. The van der Waals surface area contributed by atoms with E-state index in [0.717, 1.165) is 22.3 Å². The molecule has 0 aromatic heterocycles. The number of hydrogen-bond acceptors (Lipinski definition) is 7. The second-order valence-corrected chi connectivity index (χ2v) is 13.5. The number of carbonyl (C=O) groups is 2. The van der Waals surface area contributed by atoms with Crippen LogP contribution in [0.1, 0.15) is 62.2 Å². The minimum atomic E-state index is -0.513. The van der Waals surface area contributed by atoms with Gasteiger partial charge in [0.05, 0.1) is 23.8 Å². The highest BCUT2D eigenvalue weighted by molar-refractivity contribution is 5.98. The molecule has 0 fully saturated rings. The predicted molar refractivity (Wildman–Crippen MR) is 221 cm³/mol. The van der Waals surface area contributed by atoms with E-state index < -0.39 is 6.04 Å². The molecule has 6 aromatic rings. The van der Waals surface area contributed by atoms with Crippen molar-refractivity contribution in [1.82, 2.24) is 10.6 Å². The van der Waals surface area contributed by atoms with E-state index in [9.17, 15) is 14.7 Å². The number of benzene rings is 6. The lowest BCUT2D eigenvalue weighted by Crippen LogP contribution is -2.37. The zero-order valence-corrected chi connectivity index (χ0v) is 31.8. The van der Waals surface area contributed by atoms with Crippen molar-refractivity contribution in [2.75, 3.05) is 13.2 Å². The number of para-hydroxylation sites is 2. The fourth-order valence-electron chi connectivity index (χ4n) is 6.13. The van der Waals surface area contributed by atoms with Crippen LogP contribution in [-0.2, 0) is 26.4 Å². The molecule has 0 radical (unpaired) electrons. The highest BCUT2D eigenvalue weighted by Crippen LogP contribution is 2.34. The van der Waals surface area contributed by atoms with Crippen molar-refractivity contribution in [2.24, 2.45) is 0 Å². The van der Waals surface area contributed by atoms with Gasteiger partial charge in [-0.1, -0.05) is 133 Å². The molecule has 6 aromatic carbocycles. The molecule has 6 rings (SSSR count). The van der Waals surface area contributed by atoms with Gasteiger partial charge in [-0.15, -0.1) is 0 Å². The second-order valence-electron chi connectivity index (χ2n) is 13.5. The van der Waals surface area contributed by atoms with Gasteiger partial charge < -0.3 is 34.7 Å². The maximum atomic E-state index is 13.7. The SMILES string of the molecule is O=C(NCCCC[C@H](CO)NC(=O)c1cccc(OCc2ccccc2)c1OCc1ccccc1)c1cccc(OCc2ccccc2)c1OCc1ccccc1. The summed E-state index contributed by atoms with van der Waals surface area (Å²) >= 11 is 0. The van der Waals surface area contributed by atoms with Crippen LogP contribution in [0.5, 0.6) is 23.0 Å². The van der Waals surface area contributed by atoms with Gasteiger partial charge in [0, 0.05) is 6.54 Å². The van der Waals surface area contributed by atoms with E-state index >= 15 is 0 Å². The van der Waals surface area contributed by atoms with Crippen LogP contribution in [0, 0.1) is 0 Å². The summed E-state index contributed by atoms with van der Waals surface area (Å²) in [4.78, 5) is 27.2. The fraction of sp³-hybridized carbons (Fsp3) is 0.208. The zero-order valence-electron chi connectivity index (χ0n) is 31.8. The van der Waals surface area contributed by atoms with Gasteiger partial charge in [0.15, 0.2) is 23.0 Å². The van der Waals surface area contributed by atoms with Crippen LogP contribution in [0.2, 0.25) is 0 Å². The first kappa shape index (κ1) is 40.1. The molecule has 292 valence electrons. The van der Waals surface area contributed by atoms with Crippen molar-refractivity contribution in [2.45, 2.75) is 51.7 Å². The molecule has 1 atom stereocenters. The van der Waals surface area contributed by atoms with Gasteiger partial charge in [0.25, 0.3) is 11.8 Å². The lowest BCUT2D eigenvalue weighted by Gasteiger charge is -2.20. The molecule has 0 aliphatic heterocycles. The molecule has 0 heterocycles. The normalized spacial score (nSPS) is 11.2. The Bertz CT molecular complexity index is 2130. The van der Waals surface area contributed by atoms with Crippen LogP contribution in [0.25, 0.3) is 0 Å². The number of carbonyl (C=O) groups excluding carboxylic acids is 2. The summed E-state index contributed by atoms with van der Waals surface area (Å²) in [6.45, 7) is 1.28. The molecule has 57 heavy (non-hydrogen) atoms. The van der Waals surface area contributed by atoms with Crippen molar-refractivity contribution in [3.05, 3.63) is 191 Å². The number of nitrogens with one attached hydrogen (secondary N) is 2. The van der Waals surface area contributed by atoms with Gasteiger partial charge in [-0.2, -0.15) is 0 Å². The predicted octanol–water partition coefficient (Wildman–Crippen LogP) is 8.69. The first-order valence-corrected chi connectivity index (χ1v) is 19.2. The van der Waals surface area contributed by atoms with Crippen LogP contribution in [0.4, 0.5) is 0 Å². The number of ether oxygens (including phenoxy) is 4. The molecule has 0 aliphatic carbocycles. The topological polar surface area (TPSA) is 115 Å². The molecule has 0 aliphatic rings. The monoisotopic (exact) mass is 764 g/mol. The number of hydrogen-bond donors (Lipinski definition) is 3. The van der Waals surface area contributed by atoms with Crippen molar-refractivity contribution in [3.63, 3.8) is 0 Å². The molecule has 3 N–H and O–H groups in total. The van der Waals surface area contributed by atoms with Crippen LogP contribution < -0.4 is 29.6 Å². The Kier molecular flexibility index (Phi) is 15.1. The van der Waals surface area contributed by atoms with E-state index in [1.165, 1.54) is 0 Å². The van der Waals surface area contributed by atoms with Gasteiger partial charge >= 0.3 is 0 Å². The Morgan fingerprint density at radius 1 is 0.474 bits per heavy atom. The Balaban J connectivity index is 1.05. The summed E-state index contributed by atoms with van der Waals surface area (Å²) in [6, 6.07) is 49.1. The smallest absolute Gasteiger partial charge is 0.255 e. The molecule has 0 spiro atoms. The minimum absolute atomic E-state index is 0.244. The van der Waals surface area contributed by atoms with E-state index in [0.29, 0.717) is 73.1 Å². The summed E-state index contributed by atoms with van der Waals surface area (Å²) in [5.74, 6) is 0.961. The summed E-state index contributed by atoms with van der Waals surface area (Å²) in [5, 5.41) is 16.2. The highest BCUT2D eigenvalue weighted by Gasteiger charge is 2.22. The van der Waals surface area contributed by atoms with Gasteiger partial charge in [0.1, 0.15) is 26.4 Å². The maximum absolute atomic E-state index is 13.7. The number of amides is 2.